The van der Waals surface area contributed by atoms with E-state index in [2.05, 4.69) is 21.7 Å². The van der Waals surface area contributed by atoms with E-state index in [1.54, 1.807) is 11.8 Å². The molecule has 0 fully saturated rings. The molecule has 1 aromatic heterocycles. The summed E-state index contributed by atoms with van der Waals surface area (Å²) in [5, 5.41) is 6.23. The lowest BCUT2D eigenvalue weighted by Crippen LogP contribution is -2.28. The monoisotopic (exact) mass is 329 g/mol. The van der Waals surface area contributed by atoms with Crippen molar-refractivity contribution >= 4 is 44.5 Å². The van der Waals surface area contributed by atoms with Crippen LogP contribution in [-0.4, -0.2) is 17.3 Å². The van der Waals surface area contributed by atoms with Crippen LogP contribution in [0.15, 0.2) is 53.4 Å². The zero-order valence-corrected chi connectivity index (χ0v) is 13.6. The maximum atomic E-state index is 11.9. The van der Waals surface area contributed by atoms with Crippen molar-refractivity contribution in [3.8, 4) is 0 Å². The third kappa shape index (κ3) is 3.58. The Morgan fingerprint density at radius 1 is 1.23 bits per heavy atom. The molecule has 3 rings (SSSR count). The summed E-state index contributed by atoms with van der Waals surface area (Å²) in [4.78, 5) is 17.5. The Kier molecular flexibility index (Phi) is 4.60. The van der Waals surface area contributed by atoms with E-state index >= 15 is 0 Å². The summed E-state index contributed by atoms with van der Waals surface area (Å²) >= 11 is 3.17. The highest BCUT2D eigenvalue weighted by molar-refractivity contribution is 7.98. The molecule has 0 aliphatic carbocycles. The number of fused-ring (bicyclic) bond motifs is 1. The first kappa shape index (κ1) is 14.9. The van der Waals surface area contributed by atoms with Gasteiger partial charge in [0.25, 0.3) is 0 Å². The molecular formula is C16H15N3OS2. The first-order valence-corrected chi connectivity index (χ1v) is 8.82. The summed E-state index contributed by atoms with van der Waals surface area (Å²) in [5.41, 5.74) is 1.97. The predicted octanol–water partition coefficient (Wildman–Crippen LogP) is 4.34. The van der Waals surface area contributed by atoms with E-state index in [4.69, 9.17) is 0 Å². The van der Waals surface area contributed by atoms with Crippen LogP contribution >= 0.6 is 23.1 Å². The van der Waals surface area contributed by atoms with Gasteiger partial charge in [0.1, 0.15) is 0 Å². The largest absolute Gasteiger partial charge is 0.334 e. The minimum atomic E-state index is -0.243. The van der Waals surface area contributed by atoms with Crippen LogP contribution in [0.2, 0.25) is 0 Å². The van der Waals surface area contributed by atoms with Crippen LogP contribution in [0.1, 0.15) is 5.56 Å². The lowest BCUT2D eigenvalue weighted by molar-refractivity contribution is 0.251. The van der Waals surface area contributed by atoms with Gasteiger partial charge in [-0.1, -0.05) is 41.7 Å². The van der Waals surface area contributed by atoms with Crippen LogP contribution < -0.4 is 10.6 Å². The highest BCUT2D eigenvalue weighted by Crippen LogP contribution is 2.29. The normalized spacial score (nSPS) is 10.6. The van der Waals surface area contributed by atoms with Gasteiger partial charge >= 0.3 is 6.03 Å². The molecule has 0 bridgehead atoms. The van der Waals surface area contributed by atoms with Crippen molar-refractivity contribution in [1.82, 2.24) is 10.3 Å². The molecular weight excluding hydrogens is 314 g/mol. The zero-order valence-electron chi connectivity index (χ0n) is 12.0. The molecule has 0 spiro atoms. The predicted molar refractivity (Wildman–Crippen MR) is 93.7 cm³/mol. The molecule has 2 amide bonds. The van der Waals surface area contributed by atoms with Gasteiger partial charge < -0.3 is 5.32 Å². The van der Waals surface area contributed by atoms with Gasteiger partial charge in [-0.05, 0) is 30.0 Å². The molecule has 4 nitrogen and oxygen atoms in total. The molecule has 6 heteroatoms. The number of nitrogens with zero attached hydrogens (tertiary/aromatic N) is 1. The Bertz CT molecular complexity index is 786. The molecule has 0 atom stereocenters. The Labute approximate surface area is 137 Å². The summed E-state index contributed by atoms with van der Waals surface area (Å²) in [7, 11) is 0. The molecule has 1 heterocycles. The van der Waals surface area contributed by atoms with Crippen LogP contribution in [0, 0.1) is 0 Å². The van der Waals surface area contributed by atoms with E-state index in [1.165, 1.54) is 16.2 Å². The Morgan fingerprint density at radius 3 is 2.82 bits per heavy atom. The van der Waals surface area contributed by atoms with Crippen molar-refractivity contribution < 1.29 is 4.79 Å². The van der Waals surface area contributed by atoms with Crippen LogP contribution in [0.25, 0.3) is 10.2 Å². The highest BCUT2D eigenvalue weighted by atomic mass is 32.2. The molecule has 2 aromatic carbocycles. The molecule has 0 saturated heterocycles. The van der Waals surface area contributed by atoms with Gasteiger partial charge in [0.15, 0.2) is 5.13 Å². The van der Waals surface area contributed by atoms with Crippen LogP contribution in [-0.2, 0) is 6.54 Å². The number of thiazole rings is 1. The van der Waals surface area contributed by atoms with Crippen LogP contribution in [0.3, 0.4) is 0 Å². The average molecular weight is 329 g/mol. The number of nitrogens with one attached hydrogen (secondary N) is 2. The van der Waals surface area contributed by atoms with Gasteiger partial charge in [-0.15, -0.1) is 11.8 Å². The third-order valence-corrected chi connectivity index (χ3v) is 4.77. The molecule has 0 aliphatic heterocycles. The maximum absolute atomic E-state index is 11.9. The van der Waals surface area contributed by atoms with Gasteiger partial charge in [0.2, 0.25) is 0 Å². The van der Waals surface area contributed by atoms with Gasteiger partial charge in [0.05, 0.1) is 10.2 Å². The number of anilines is 1. The van der Waals surface area contributed by atoms with E-state index in [-0.39, 0.29) is 6.03 Å². The SMILES string of the molecule is CSc1ccc2nc(NC(=O)NCc3ccccc3)sc2c1. The summed E-state index contributed by atoms with van der Waals surface area (Å²) in [6.07, 6.45) is 2.04. The van der Waals surface area contributed by atoms with Crippen molar-refractivity contribution in [3.63, 3.8) is 0 Å². The maximum Gasteiger partial charge on any atom is 0.321 e. The second-order valence-corrected chi connectivity index (χ2v) is 6.56. The summed E-state index contributed by atoms with van der Waals surface area (Å²) < 4.78 is 1.07. The minimum absolute atomic E-state index is 0.243. The Hall–Kier alpha value is -2.05. The minimum Gasteiger partial charge on any atom is -0.334 e. The smallest absolute Gasteiger partial charge is 0.321 e. The van der Waals surface area contributed by atoms with E-state index < -0.39 is 0 Å². The first-order chi connectivity index (χ1) is 10.7. The van der Waals surface area contributed by atoms with Crippen LogP contribution in [0.4, 0.5) is 9.93 Å². The number of thioether (sulfide) groups is 1. The first-order valence-electron chi connectivity index (χ1n) is 6.78. The molecule has 3 aromatic rings. The number of carbonyl (C=O) groups excluding carboxylic acids is 1. The fraction of sp³-hybridized carbons (Fsp3) is 0.125. The molecule has 0 radical (unpaired) electrons. The number of aromatic nitrogens is 1. The van der Waals surface area contributed by atoms with Crippen molar-refractivity contribution in [3.05, 3.63) is 54.1 Å². The van der Waals surface area contributed by atoms with E-state index in [0.29, 0.717) is 11.7 Å². The third-order valence-electron chi connectivity index (χ3n) is 3.11. The molecule has 2 N–H and O–H groups in total. The molecule has 22 heavy (non-hydrogen) atoms. The number of amides is 2. The van der Waals surface area contributed by atoms with Crippen molar-refractivity contribution in [2.45, 2.75) is 11.4 Å². The summed E-state index contributed by atoms with van der Waals surface area (Å²) in [6, 6.07) is 15.7. The standard InChI is InChI=1S/C16H15N3OS2/c1-21-12-7-8-13-14(9-12)22-16(18-13)19-15(20)17-10-11-5-3-2-4-6-11/h2-9H,10H2,1H3,(H2,17,18,19,20). The van der Waals surface area contributed by atoms with Crippen molar-refractivity contribution in [2.75, 3.05) is 11.6 Å². The fourth-order valence-electron chi connectivity index (χ4n) is 2.00. The van der Waals surface area contributed by atoms with Crippen molar-refractivity contribution in [1.29, 1.82) is 0 Å². The number of hydrogen-bond acceptors (Lipinski definition) is 4. The van der Waals surface area contributed by atoms with E-state index in [0.717, 1.165) is 15.8 Å². The van der Waals surface area contributed by atoms with Gasteiger partial charge in [0, 0.05) is 11.4 Å². The molecule has 0 aliphatic rings. The number of urea groups is 1. The second-order valence-electron chi connectivity index (χ2n) is 4.65. The highest BCUT2D eigenvalue weighted by Gasteiger charge is 2.08. The average Bonchev–Trinajstić information content (AvgIpc) is 2.95. The number of rotatable bonds is 4. The lowest BCUT2D eigenvalue weighted by atomic mass is 10.2. The van der Waals surface area contributed by atoms with Gasteiger partial charge in [-0.3, -0.25) is 5.32 Å². The number of benzene rings is 2. The molecule has 0 unspecified atom stereocenters. The lowest BCUT2D eigenvalue weighted by Gasteiger charge is -2.04. The van der Waals surface area contributed by atoms with E-state index in [9.17, 15) is 4.79 Å². The van der Waals surface area contributed by atoms with E-state index in [1.807, 2.05) is 48.7 Å². The second kappa shape index (κ2) is 6.81. The summed E-state index contributed by atoms with van der Waals surface area (Å²) in [6.45, 7) is 0.494. The summed E-state index contributed by atoms with van der Waals surface area (Å²) in [5.74, 6) is 0. The Balaban J connectivity index is 1.63. The number of hydrogen-bond donors (Lipinski definition) is 2. The van der Waals surface area contributed by atoms with Crippen molar-refractivity contribution in [2.24, 2.45) is 0 Å². The quantitative estimate of drug-likeness (QED) is 0.700. The van der Waals surface area contributed by atoms with Gasteiger partial charge in [-0.2, -0.15) is 0 Å². The van der Waals surface area contributed by atoms with Crippen LogP contribution in [0.5, 0.6) is 0 Å². The zero-order chi connectivity index (χ0) is 15.4. The fourth-order valence-corrected chi connectivity index (χ4v) is 3.42. The van der Waals surface area contributed by atoms with Gasteiger partial charge in [-0.25, -0.2) is 9.78 Å². The Morgan fingerprint density at radius 2 is 2.05 bits per heavy atom. The number of carbonyl (C=O) groups is 1. The topological polar surface area (TPSA) is 54.0 Å². The molecule has 112 valence electrons. The molecule has 0 saturated carbocycles.